The molecule has 1 aromatic heterocycles. The van der Waals surface area contributed by atoms with E-state index in [4.69, 9.17) is 4.74 Å². The van der Waals surface area contributed by atoms with Gasteiger partial charge in [0.25, 0.3) is 0 Å². The molecule has 0 aliphatic carbocycles. The van der Waals surface area contributed by atoms with Crippen molar-refractivity contribution in [3.8, 4) is 0 Å². The lowest BCUT2D eigenvalue weighted by Gasteiger charge is -2.36. The number of esters is 1. The maximum absolute atomic E-state index is 11.7. The van der Waals surface area contributed by atoms with Gasteiger partial charge in [0.2, 0.25) is 0 Å². The van der Waals surface area contributed by atoms with Gasteiger partial charge in [-0.3, -0.25) is 9.78 Å². The molecule has 1 fully saturated rings. The molecule has 18 heavy (non-hydrogen) atoms. The maximum Gasteiger partial charge on any atom is 0.306 e. The molecule has 1 N–H and O–H groups in total. The summed E-state index contributed by atoms with van der Waals surface area (Å²) in [7, 11) is 1.44. The van der Waals surface area contributed by atoms with Crippen LogP contribution in [0.1, 0.15) is 30.7 Å². The first-order chi connectivity index (χ1) is 8.66. The minimum Gasteiger partial charge on any atom is -0.469 e. The van der Waals surface area contributed by atoms with Gasteiger partial charge >= 0.3 is 5.97 Å². The van der Waals surface area contributed by atoms with Crippen molar-refractivity contribution in [3.63, 3.8) is 0 Å². The van der Waals surface area contributed by atoms with Crippen LogP contribution in [0.4, 0.5) is 0 Å². The summed E-state index contributed by atoms with van der Waals surface area (Å²) >= 11 is 0. The Labute approximate surface area is 108 Å². The lowest BCUT2D eigenvalue weighted by molar-refractivity contribution is -0.142. The third kappa shape index (κ3) is 2.70. The first kappa shape index (κ1) is 13.0. The fraction of sp³-hybridized carbons (Fsp3) is 0.571. The van der Waals surface area contributed by atoms with E-state index in [1.807, 2.05) is 25.1 Å². The van der Waals surface area contributed by atoms with Crippen molar-refractivity contribution in [1.29, 1.82) is 0 Å². The van der Waals surface area contributed by atoms with Crippen molar-refractivity contribution in [3.05, 3.63) is 29.6 Å². The number of pyridine rings is 1. The summed E-state index contributed by atoms with van der Waals surface area (Å²) in [6.07, 6.45) is 2.44. The Morgan fingerprint density at radius 2 is 2.39 bits per heavy atom. The second-order valence-corrected chi connectivity index (χ2v) is 4.98. The van der Waals surface area contributed by atoms with Crippen LogP contribution in [0.25, 0.3) is 0 Å². The van der Waals surface area contributed by atoms with E-state index in [0.29, 0.717) is 6.42 Å². The number of aromatic nitrogens is 1. The van der Waals surface area contributed by atoms with Gasteiger partial charge in [0.1, 0.15) is 0 Å². The number of hydrogen-bond acceptors (Lipinski definition) is 4. The largest absolute Gasteiger partial charge is 0.469 e. The molecule has 0 aromatic carbocycles. The Hall–Kier alpha value is -1.42. The van der Waals surface area contributed by atoms with E-state index in [-0.39, 0.29) is 11.4 Å². The SMILES string of the molecule is COC(=O)CC1(c2cccc(C)n2)CCCNC1. The Bertz CT molecular complexity index is 426. The van der Waals surface area contributed by atoms with Crippen molar-refractivity contribution in [2.24, 2.45) is 0 Å². The molecule has 1 aromatic rings. The van der Waals surface area contributed by atoms with Gasteiger partial charge in [-0.15, -0.1) is 0 Å². The zero-order valence-electron chi connectivity index (χ0n) is 11.0. The molecule has 1 saturated heterocycles. The van der Waals surface area contributed by atoms with Gasteiger partial charge in [-0.2, -0.15) is 0 Å². The number of hydrogen-bond donors (Lipinski definition) is 1. The first-order valence-corrected chi connectivity index (χ1v) is 6.38. The Morgan fingerprint density at radius 3 is 3.00 bits per heavy atom. The van der Waals surface area contributed by atoms with Crippen LogP contribution >= 0.6 is 0 Å². The molecule has 1 atom stereocenters. The lowest BCUT2D eigenvalue weighted by Crippen LogP contribution is -2.45. The highest BCUT2D eigenvalue weighted by molar-refractivity contribution is 5.71. The summed E-state index contributed by atoms with van der Waals surface area (Å²) < 4.78 is 4.84. The summed E-state index contributed by atoms with van der Waals surface area (Å²) in [5, 5.41) is 3.38. The van der Waals surface area contributed by atoms with E-state index in [1.54, 1.807) is 0 Å². The number of carbonyl (C=O) groups is 1. The first-order valence-electron chi connectivity index (χ1n) is 6.38. The molecule has 1 aliphatic rings. The maximum atomic E-state index is 11.7. The number of ether oxygens (including phenoxy) is 1. The van der Waals surface area contributed by atoms with Crippen LogP contribution in [0.15, 0.2) is 18.2 Å². The van der Waals surface area contributed by atoms with Crippen LogP contribution in [0.3, 0.4) is 0 Å². The van der Waals surface area contributed by atoms with E-state index < -0.39 is 0 Å². The van der Waals surface area contributed by atoms with Gasteiger partial charge in [0.05, 0.1) is 13.5 Å². The van der Waals surface area contributed by atoms with Crippen LogP contribution < -0.4 is 5.32 Å². The molecule has 1 unspecified atom stereocenters. The van der Waals surface area contributed by atoms with Crippen LogP contribution in [-0.4, -0.2) is 31.2 Å². The number of methoxy groups -OCH3 is 1. The Morgan fingerprint density at radius 1 is 1.56 bits per heavy atom. The average molecular weight is 248 g/mol. The fourth-order valence-corrected chi connectivity index (χ4v) is 2.61. The standard InChI is InChI=1S/C14H20N2O2/c1-11-5-3-6-12(16-11)14(9-13(17)18-2)7-4-8-15-10-14/h3,5-6,15H,4,7-10H2,1-2H3. The summed E-state index contributed by atoms with van der Waals surface area (Å²) in [6.45, 7) is 3.78. The van der Waals surface area contributed by atoms with E-state index >= 15 is 0 Å². The van der Waals surface area contributed by atoms with Gasteiger partial charge in [0, 0.05) is 23.3 Å². The van der Waals surface area contributed by atoms with Crippen LogP contribution in [0.5, 0.6) is 0 Å². The van der Waals surface area contributed by atoms with Crippen molar-refractivity contribution in [2.75, 3.05) is 20.2 Å². The second-order valence-electron chi connectivity index (χ2n) is 4.98. The highest BCUT2D eigenvalue weighted by Gasteiger charge is 2.37. The van der Waals surface area contributed by atoms with Crippen LogP contribution in [0, 0.1) is 6.92 Å². The van der Waals surface area contributed by atoms with E-state index in [1.165, 1.54) is 7.11 Å². The number of piperidine rings is 1. The van der Waals surface area contributed by atoms with Crippen molar-refractivity contribution >= 4 is 5.97 Å². The molecule has 1 aliphatic heterocycles. The Kier molecular flexibility index (Phi) is 3.97. The molecule has 4 heteroatoms. The van der Waals surface area contributed by atoms with Gasteiger partial charge in [-0.25, -0.2) is 0 Å². The predicted molar refractivity (Wildman–Crippen MR) is 69.4 cm³/mol. The number of nitrogens with one attached hydrogen (secondary N) is 1. The molecule has 0 radical (unpaired) electrons. The third-order valence-corrected chi connectivity index (χ3v) is 3.61. The van der Waals surface area contributed by atoms with Gasteiger partial charge in [0.15, 0.2) is 0 Å². The van der Waals surface area contributed by atoms with E-state index in [9.17, 15) is 4.79 Å². The lowest BCUT2D eigenvalue weighted by atomic mass is 9.74. The molecule has 98 valence electrons. The fourth-order valence-electron chi connectivity index (χ4n) is 2.61. The number of nitrogens with zero attached hydrogens (tertiary/aromatic N) is 1. The molecule has 2 rings (SSSR count). The van der Waals surface area contributed by atoms with E-state index in [0.717, 1.165) is 37.3 Å². The molecule has 4 nitrogen and oxygen atoms in total. The number of carbonyl (C=O) groups excluding carboxylic acids is 1. The average Bonchev–Trinajstić information content (AvgIpc) is 2.39. The van der Waals surface area contributed by atoms with Gasteiger partial charge < -0.3 is 10.1 Å². The molecule has 0 spiro atoms. The van der Waals surface area contributed by atoms with Crippen LogP contribution in [-0.2, 0) is 14.9 Å². The normalized spacial score (nSPS) is 23.7. The molecule has 0 bridgehead atoms. The van der Waals surface area contributed by atoms with E-state index in [2.05, 4.69) is 10.3 Å². The highest BCUT2D eigenvalue weighted by Crippen LogP contribution is 2.33. The monoisotopic (exact) mass is 248 g/mol. The zero-order valence-corrected chi connectivity index (χ0v) is 11.0. The minimum atomic E-state index is -0.211. The van der Waals surface area contributed by atoms with Crippen LogP contribution in [0.2, 0.25) is 0 Å². The molecular weight excluding hydrogens is 228 g/mol. The molecule has 2 heterocycles. The second kappa shape index (κ2) is 5.48. The molecular formula is C14H20N2O2. The van der Waals surface area contributed by atoms with Crippen molar-refractivity contribution in [2.45, 2.75) is 31.6 Å². The summed E-state index contributed by atoms with van der Waals surface area (Å²) in [5.41, 5.74) is 1.78. The summed E-state index contributed by atoms with van der Waals surface area (Å²) in [6, 6.07) is 6.00. The highest BCUT2D eigenvalue weighted by atomic mass is 16.5. The van der Waals surface area contributed by atoms with Crippen molar-refractivity contribution < 1.29 is 9.53 Å². The quantitative estimate of drug-likeness (QED) is 0.825. The molecule has 0 saturated carbocycles. The summed E-state index contributed by atoms with van der Waals surface area (Å²) in [5.74, 6) is -0.165. The van der Waals surface area contributed by atoms with Gasteiger partial charge in [-0.1, -0.05) is 6.07 Å². The van der Waals surface area contributed by atoms with Crippen molar-refractivity contribution in [1.82, 2.24) is 10.3 Å². The summed E-state index contributed by atoms with van der Waals surface area (Å²) in [4.78, 5) is 16.3. The zero-order chi connectivity index (χ0) is 13.0. The predicted octanol–water partition coefficient (Wildman–Crippen LogP) is 1.57. The Balaban J connectivity index is 2.31. The van der Waals surface area contributed by atoms with Gasteiger partial charge in [-0.05, 0) is 38.4 Å². The smallest absolute Gasteiger partial charge is 0.306 e. The molecule has 0 amide bonds. The topological polar surface area (TPSA) is 51.2 Å². The minimum absolute atomic E-state index is 0.165. The number of rotatable bonds is 3. The number of aryl methyl sites for hydroxylation is 1. The third-order valence-electron chi connectivity index (χ3n) is 3.61.